The third-order valence-electron chi connectivity index (χ3n) is 6.68. The molecule has 2 N–H and O–H groups in total. The number of nitro benzene ring substituents is 1. The van der Waals surface area contributed by atoms with Crippen molar-refractivity contribution < 1.29 is 14.5 Å². The maximum Gasteiger partial charge on any atom is 0.326 e. The SMILES string of the molecule is CCC(Sc1cccc(NC(=O)N2c3ccccc3SC3C=CC=CC32)c1)C(=O)Nc1cc([N+](=O)[O-])ccc1C. The minimum atomic E-state index is -0.482. The molecule has 1 aliphatic heterocycles. The van der Waals surface area contributed by atoms with Gasteiger partial charge in [-0.2, -0.15) is 0 Å². The van der Waals surface area contributed by atoms with Gasteiger partial charge in [-0.15, -0.1) is 23.5 Å². The number of thioether (sulfide) groups is 2. The van der Waals surface area contributed by atoms with Crippen molar-refractivity contribution in [1.29, 1.82) is 0 Å². The lowest BCUT2D eigenvalue weighted by Crippen LogP contribution is -2.49. The molecule has 0 fully saturated rings. The number of urea groups is 1. The quantitative estimate of drug-likeness (QED) is 0.173. The van der Waals surface area contributed by atoms with Crippen molar-refractivity contribution in [1.82, 2.24) is 0 Å². The number of non-ortho nitro benzene ring substituents is 1. The number of hydrogen-bond acceptors (Lipinski definition) is 6. The molecule has 0 radical (unpaired) electrons. The summed E-state index contributed by atoms with van der Waals surface area (Å²) in [7, 11) is 0. The number of nitro groups is 1. The van der Waals surface area contributed by atoms with Crippen molar-refractivity contribution >= 4 is 58.2 Å². The number of para-hydroxylation sites is 1. The lowest BCUT2D eigenvalue weighted by molar-refractivity contribution is -0.384. The molecule has 3 aromatic carbocycles. The Morgan fingerprint density at radius 2 is 1.85 bits per heavy atom. The van der Waals surface area contributed by atoms with Crippen LogP contribution < -0.4 is 15.5 Å². The summed E-state index contributed by atoms with van der Waals surface area (Å²) in [5, 5.41) is 16.8. The van der Waals surface area contributed by atoms with E-state index >= 15 is 0 Å². The van der Waals surface area contributed by atoms with Crippen LogP contribution in [0.4, 0.5) is 27.5 Å². The number of amides is 3. The van der Waals surface area contributed by atoms with Gasteiger partial charge in [0.15, 0.2) is 0 Å². The number of nitrogens with one attached hydrogen (secondary N) is 2. The summed E-state index contributed by atoms with van der Waals surface area (Å²) in [6.07, 6.45) is 8.70. The topological polar surface area (TPSA) is 105 Å². The molecule has 3 amide bonds. The van der Waals surface area contributed by atoms with Crippen molar-refractivity contribution in [2.75, 3.05) is 15.5 Å². The van der Waals surface area contributed by atoms with Gasteiger partial charge >= 0.3 is 6.03 Å². The second-order valence-corrected chi connectivity index (χ2v) is 11.9. The van der Waals surface area contributed by atoms with Crippen LogP contribution in [0, 0.1) is 17.0 Å². The third kappa shape index (κ3) is 5.93. The molecule has 1 heterocycles. The molecule has 8 nitrogen and oxygen atoms in total. The molecule has 3 unspecified atom stereocenters. The molecular weight excluding hydrogens is 544 g/mol. The highest BCUT2D eigenvalue weighted by molar-refractivity contribution is 8.00. The number of anilines is 3. The van der Waals surface area contributed by atoms with E-state index in [1.807, 2.05) is 73.7 Å². The molecule has 2 aliphatic rings. The van der Waals surface area contributed by atoms with Crippen LogP contribution in [0.1, 0.15) is 18.9 Å². The van der Waals surface area contributed by atoms with Gasteiger partial charge in [-0.3, -0.25) is 19.8 Å². The lowest BCUT2D eigenvalue weighted by atomic mass is 10.1. The maximum absolute atomic E-state index is 13.6. The number of fused-ring (bicyclic) bond motifs is 2. The van der Waals surface area contributed by atoms with E-state index in [9.17, 15) is 19.7 Å². The molecule has 10 heteroatoms. The van der Waals surface area contributed by atoms with Gasteiger partial charge in [0.25, 0.3) is 5.69 Å². The first-order valence-electron chi connectivity index (χ1n) is 12.9. The molecule has 0 spiro atoms. The second kappa shape index (κ2) is 12.0. The molecule has 3 atom stereocenters. The Labute approximate surface area is 241 Å². The van der Waals surface area contributed by atoms with Crippen molar-refractivity contribution in [2.24, 2.45) is 0 Å². The first-order valence-corrected chi connectivity index (χ1v) is 14.6. The Morgan fingerprint density at radius 1 is 1.05 bits per heavy atom. The molecule has 5 rings (SSSR count). The van der Waals surface area contributed by atoms with Gasteiger partial charge in [0.1, 0.15) is 0 Å². The summed E-state index contributed by atoms with van der Waals surface area (Å²) < 4.78 is 0. The highest BCUT2D eigenvalue weighted by atomic mass is 32.2. The smallest absolute Gasteiger partial charge is 0.325 e. The standard InChI is InChI=1S/C30H28N4O4S2/c1-3-26(29(35)32-23-18-21(34(37)38)16-15-19(23)2)39-22-10-8-9-20(17-22)31-30(36)33-24-11-4-6-13-27(24)40-28-14-7-5-12-25(28)33/h4-18,24,26-27H,3H2,1-2H3,(H,31,36)(H,32,35). The van der Waals surface area contributed by atoms with Crippen molar-refractivity contribution in [3.8, 4) is 0 Å². The maximum atomic E-state index is 13.6. The van der Waals surface area contributed by atoms with Crippen molar-refractivity contribution in [2.45, 2.75) is 46.6 Å². The average Bonchev–Trinajstić information content (AvgIpc) is 2.95. The molecule has 0 bridgehead atoms. The van der Waals surface area contributed by atoms with Gasteiger partial charge in [-0.25, -0.2) is 4.79 Å². The molecule has 3 aromatic rings. The summed E-state index contributed by atoms with van der Waals surface area (Å²) >= 11 is 3.13. The predicted octanol–water partition coefficient (Wildman–Crippen LogP) is 7.42. The van der Waals surface area contributed by atoms with Gasteiger partial charge in [0.05, 0.1) is 32.8 Å². The van der Waals surface area contributed by atoms with Crippen LogP contribution >= 0.6 is 23.5 Å². The zero-order chi connectivity index (χ0) is 28.2. The number of benzene rings is 3. The van der Waals surface area contributed by atoms with Crippen LogP contribution in [-0.4, -0.2) is 33.4 Å². The second-order valence-electron chi connectivity index (χ2n) is 9.40. The number of rotatable bonds is 7. The fraction of sp³-hybridized carbons (Fsp3) is 0.200. The normalized spacial score (nSPS) is 17.9. The molecule has 40 heavy (non-hydrogen) atoms. The highest BCUT2D eigenvalue weighted by Gasteiger charge is 2.36. The third-order valence-corrected chi connectivity index (χ3v) is 9.34. The van der Waals surface area contributed by atoms with Crippen LogP contribution in [-0.2, 0) is 4.79 Å². The first-order chi connectivity index (χ1) is 19.3. The molecular formula is C30H28N4O4S2. The number of hydrogen-bond donors (Lipinski definition) is 2. The van der Waals surface area contributed by atoms with E-state index in [2.05, 4.69) is 16.7 Å². The van der Waals surface area contributed by atoms with Crippen LogP contribution in [0.25, 0.3) is 0 Å². The van der Waals surface area contributed by atoms with Crippen LogP contribution in [0.3, 0.4) is 0 Å². The Balaban J connectivity index is 1.30. The number of carbonyl (C=O) groups is 2. The van der Waals surface area contributed by atoms with Crippen molar-refractivity contribution in [3.05, 3.63) is 107 Å². The number of carbonyl (C=O) groups excluding carboxylic acids is 2. The van der Waals surface area contributed by atoms with Gasteiger partial charge in [-0.1, -0.05) is 55.5 Å². The van der Waals surface area contributed by atoms with Gasteiger partial charge < -0.3 is 10.6 Å². The predicted molar refractivity (Wildman–Crippen MR) is 162 cm³/mol. The molecule has 0 saturated carbocycles. The van der Waals surface area contributed by atoms with Gasteiger partial charge in [0, 0.05) is 27.6 Å². The Bertz CT molecular complexity index is 1520. The van der Waals surface area contributed by atoms with E-state index < -0.39 is 10.2 Å². The lowest BCUT2D eigenvalue weighted by Gasteiger charge is -2.40. The Morgan fingerprint density at radius 3 is 2.65 bits per heavy atom. The monoisotopic (exact) mass is 572 g/mol. The zero-order valence-electron chi connectivity index (χ0n) is 21.9. The number of allylic oxidation sites excluding steroid dienone is 2. The Hall–Kier alpha value is -4.02. The summed E-state index contributed by atoms with van der Waals surface area (Å²) in [5.74, 6) is -0.240. The van der Waals surface area contributed by atoms with E-state index in [4.69, 9.17) is 0 Å². The fourth-order valence-electron chi connectivity index (χ4n) is 4.61. The summed E-state index contributed by atoms with van der Waals surface area (Å²) in [6, 6.07) is 19.4. The van der Waals surface area contributed by atoms with E-state index in [0.717, 1.165) is 21.0 Å². The minimum absolute atomic E-state index is 0.0778. The average molecular weight is 573 g/mol. The summed E-state index contributed by atoms with van der Waals surface area (Å²) in [4.78, 5) is 41.1. The van der Waals surface area contributed by atoms with Crippen LogP contribution in [0.5, 0.6) is 0 Å². The van der Waals surface area contributed by atoms with E-state index in [1.165, 1.54) is 23.9 Å². The van der Waals surface area contributed by atoms with Crippen LogP contribution in [0.2, 0.25) is 0 Å². The molecule has 1 aliphatic carbocycles. The van der Waals surface area contributed by atoms with Crippen LogP contribution in [0.15, 0.2) is 101 Å². The first kappa shape index (κ1) is 27.5. The van der Waals surface area contributed by atoms with E-state index in [0.29, 0.717) is 17.8 Å². The van der Waals surface area contributed by atoms with Gasteiger partial charge in [0.2, 0.25) is 5.91 Å². The highest BCUT2D eigenvalue weighted by Crippen LogP contribution is 2.43. The molecule has 0 saturated heterocycles. The Kier molecular flexibility index (Phi) is 8.27. The zero-order valence-corrected chi connectivity index (χ0v) is 23.6. The van der Waals surface area contributed by atoms with E-state index in [1.54, 1.807) is 29.7 Å². The summed E-state index contributed by atoms with van der Waals surface area (Å²) in [5.41, 5.74) is 2.58. The van der Waals surface area contributed by atoms with E-state index in [-0.39, 0.29) is 28.9 Å². The summed E-state index contributed by atoms with van der Waals surface area (Å²) in [6.45, 7) is 3.71. The minimum Gasteiger partial charge on any atom is -0.325 e. The number of nitrogens with zero attached hydrogens (tertiary/aromatic N) is 2. The fourth-order valence-corrected chi connectivity index (χ4v) is 6.89. The number of aryl methyl sites for hydroxylation is 1. The molecule has 0 aromatic heterocycles. The molecule has 204 valence electrons. The largest absolute Gasteiger partial charge is 0.326 e. The van der Waals surface area contributed by atoms with Gasteiger partial charge in [-0.05, 0) is 49.2 Å². The van der Waals surface area contributed by atoms with Crippen molar-refractivity contribution in [3.63, 3.8) is 0 Å².